The maximum atomic E-state index is 5.22. The number of ether oxygens (including phenoxy) is 1. The van der Waals surface area contributed by atoms with Crippen molar-refractivity contribution in [3.63, 3.8) is 0 Å². The number of rotatable bonds is 5. The van der Waals surface area contributed by atoms with Crippen molar-refractivity contribution in [1.29, 1.82) is 0 Å². The van der Waals surface area contributed by atoms with Gasteiger partial charge in [-0.3, -0.25) is 0 Å². The minimum Gasteiger partial charge on any atom is -0.497 e. The summed E-state index contributed by atoms with van der Waals surface area (Å²) in [5.74, 6) is 0.969. The lowest BCUT2D eigenvalue weighted by Gasteiger charge is -2.09. The number of benzene rings is 1. The Bertz CT molecular complexity index is 318. The quantitative estimate of drug-likeness (QED) is 0.822. The first-order valence-electron chi connectivity index (χ1n) is 6.25. The highest BCUT2D eigenvalue weighted by Crippen LogP contribution is 2.16. The molecule has 0 amide bonds. The lowest BCUT2D eigenvalue weighted by atomic mass is 10.0. The van der Waals surface area contributed by atoms with Crippen LogP contribution in [0.5, 0.6) is 5.75 Å². The van der Waals surface area contributed by atoms with Crippen LogP contribution < -0.4 is 10.1 Å². The normalized spacial score (nSPS) is 19.9. The van der Waals surface area contributed by atoms with Crippen LogP contribution in [-0.2, 0) is 6.42 Å². The van der Waals surface area contributed by atoms with Gasteiger partial charge in [0.2, 0.25) is 0 Å². The van der Waals surface area contributed by atoms with Crippen molar-refractivity contribution in [2.45, 2.75) is 38.1 Å². The molecule has 2 rings (SSSR count). The van der Waals surface area contributed by atoms with Crippen molar-refractivity contribution < 1.29 is 4.74 Å². The average Bonchev–Trinajstić information content (AvgIpc) is 2.82. The molecule has 1 aromatic rings. The summed E-state index contributed by atoms with van der Waals surface area (Å²) in [6, 6.07) is 9.17. The fourth-order valence-corrected chi connectivity index (χ4v) is 2.38. The van der Waals surface area contributed by atoms with Crippen LogP contribution in [0.2, 0.25) is 0 Å². The lowest BCUT2D eigenvalue weighted by molar-refractivity contribution is 0.414. The first kappa shape index (κ1) is 11.5. The summed E-state index contributed by atoms with van der Waals surface area (Å²) in [6.45, 7) is 1.21. The van der Waals surface area contributed by atoms with Gasteiger partial charge in [-0.15, -0.1) is 0 Å². The zero-order chi connectivity index (χ0) is 11.2. The van der Waals surface area contributed by atoms with Crippen LogP contribution in [0.25, 0.3) is 0 Å². The molecule has 0 saturated carbocycles. The average molecular weight is 219 g/mol. The van der Waals surface area contributed by atoms with E-state index in [0.29, 0.717) is 0 Å². The van der Waals surface area contributed by atoms with Gasteiger partial charge in [0.15, 0.2) is 0 Å². The third kappa shape index (κ3) is 3.24. The molecule has 16 heavy (non-hydrogen) atoms. The van der Waals surface area contributed by atoms with Crippen molar-refractivity contribution in [3.8, 4) is 5.75 Å². The van der Waals surface area contributed by atoms with E-state index < -0.39 is 0 Å². The molecular weight excluding hydrogens is 198 g/mol. The van der Waals surface area contributed by atoms with Gasteiger partial charge in [0.25, 0.3) is 0 Å². The Morgan fingerprint density at radius 1 is 1.44 bits per heavy atom. The van der Waals surface area contributed by atoms with E-state index >= 15 is 0 Å². The second-order valence-corrected chi connectivity index (χ2v) is 4.54. The third-order valence-electron chi connectivity index (χ3n) is 3.31. The summed E-state index contributed by atoms with van der Waals surface area (Å²) < 4.78 is 5.22. The molecule has 2 heteroatoms. The van der Waals surface area contributed by atoms with Crippen LogP contribution in [0.4, 0.5) is 0 Å². The van der Waals surface area contributed by atoms with Crippen molar-refractivity contribution in [1.82, 2.24) is 5.32 Å². The Hall–Kier alpha value is -1.02. The summed E-state index contributed by atoms with van der Waals surface area (Å²) in [5, 5.41) is 3.54. The van der Waals surface area contributed by atoms with Gasteiger partial charge in [0.1, 0.15) is 5.75 Å². The highest BCUT2D eigenvalue weighted by Gasteiger charge is 2.12. The molecule has 0 spiro atoms. The van der Waals surface area contributed by atoms with E-state index in [1.807, 2.05) is 6.07 Å². The van der Waals surface area contributed by atoms with Crippen LogP contribution in [0.1, 0.15) is 31.2 Å². The second-order valence-electron chi connectivity index (χ2n) is 4.54. The molecule has 2 nitrogen and oxygen atoms in total. The van der Waals surface area contributed by atoms with Gasteiger partial charge in [-0.2, -0.15) is 0 Å². The Morgan fingerprint density at radius 3 is 3.12 bits per heavy atom. The summed E-state index contributed by atoms with van der Waals surface area (Å²) in [7, 11) is 1.72. The summed E-state index contributed by atoms with van der Waals surface area (Å²) >= 11 is 0. The van der Waals surface area contributed by atoms with Crippen LogP contribution >= 0.6 is 0 Å². The maximum absolute atomic E-state index is 5.22. The minimum absolute atomic E-state index is 0.769. The maximum Gasteiger partial charge on any atom is 0.119 e. The Labute approximate surface area is 98.0 Å². The predicted molar refractivity (Wildman–Crippen MR) is 67.0 cm³/mol. The molecule has 1 aliphatic rings. The van der Waals surface area contributed by atoms with Crippen molar-refractivity contribution in [2.75, 3.05) is 13.7 Å². The van der Waals surface area contributed by atoms with E-state index in [9.17, 15) is 0 Å². The van der Waals surface area contributed by atoms with Crippen molar-refractivity contribution >= 4 is 0 Å². The highest BCUT2D eigenvalue weighted by molar-refractivity contribution is 5.28. The number of methoxy groups -OCH3 is 1. The molecule has 88 valence electrons. The van der Waals surface area contributed by atoms with Crippen LogP contribution in [0.15, 0.2) is 24.3 Å². The SMILES string of the molecule is COc1cccc(CCCC2CCCN2)c1. The topological polar surface area (TPSA) is 21.3 Å². The predicted octanol–water partition coefficient (Wildman–Crippen LogP) is 2.77. The second kappa shape index (κ2) is 5.90. The van der Waals surface area contributed by atoms with Gasteiger partial charge >= 0.3 is 0 Å². The number of hydrogen-bond acceptors (Lipinski definition) is 2. The fraction of sp³-hybridized carbons (Fsp3) is 0.571. The molecule has 1 aromatic carbocycles. The summed E-state index contributed by atoms with van der Waals surface area (Å²) in [4.78, 5) is 0. The van der Waals surface area contributed by atoms with Gasteiger partial charge in [-0.25, -0.2) is 0 Å². The van der Waals surface area contributed by atoms with Crippen LogP contribution in [0, 0.1) is 0 Å². The molecule has 0 aliphatic carbocycles. The molecule has 0 radical (unpaired) electrons. The first-order chi connectivity index (χ1) is 7.88. The number of hydrogen-bond donors (Lipinski definition) is 1. The molecule has 1 aliphatic heterocycles. The molecule has 1 N–H and O–H groups in total. The largest absolute Gasteiger partial charge is 0.497 e. The van der Waals surface area contributed by atoms with E-state index in [0.717, 1.165) is 18.2 Å². The molecular formula is C14H21NO. The molecule has 1 unspecified atom stereocenters. The van der Waals surface area contributed by atoms with E-state index in [4.69, 9.17) is 4.74 Å². The standard InChI is InChI=1S/C14H21NO/c1-16-14-9-3-6-12(11-14)5-2-7-13-8-4-10-15-13/h3,6,9,11,13,15H,2,4-5,7-8,10H2,1H3. The molecule has 1 heterocycles. The van der Waals surface area contributed by atoms with E-state index in [1.165, 1.54) is 37.8 Å². The van der Waals surface area contributed by atoms with E-state index in [2.05, 4.69) is 23.5 Å². The van der Waals surface area contributed by atoms with Crippen molar-refractivity contribution in [2.24, 2.45) is 0 Å². The van der Waals surface area contributed by atoms with Gasteiger partial charge in [0, 0.05) is 6.04 Å². The summed E-state index contributed by atoms with van der Waals surface area (Å²) in [6.07, 6.45) is 6.44. The molecule has 1 atom stereocenters. The zero-order valence-corrected chi connectivity index (χ0v) is 10.0. The molecule has 1 fully saturated rings. The Balaban J connectivity index is 1.75. The van der Waals surface area contributed by atoms with Gasteiger partial charge < -0.3 is 10.1 Å². The smallest absolute Gasteiger partial charge is 0.119 e. The van der Waals surface area contributed by atoms with Crippen LogP contribution in [-0.4, -0.2) is 19.7 Å². The van der Waals surface area contributed by atoms with E-state index in [1.54, 1.807) is 7.11 Å². The Kier molecular flexibility index (Phi) is 4.23. The van der Waals surface area contributed by atoms with Crippen molar-refractivity contribution in [3.05, 3.63) is 29.8 Å². The van der Waals surface area contributed by atoms with Gasteiger partial charge in [-0.1, -0.05) is 12.1 Å². The molecule has 0 bridgehead atoms. The van der Waals surface area contributed by atoms with E-state index in [-0.39, 0.29) is 0 Å². The van der Waals surface area contributed by atoms with Crippen LogP contribution in [0.3, 0.4) is 0 Å². The number of nitrogens with one attached hydrogen (secondary N) is 1. The molecule has 0 aromatic heterocycles. The molecule has 1 saturated heterocycles. The van der Waals surface area contributed by atoms with Gasteiger partial charge in [0.05, 0.1) is 7.11 Å². The highest BCUT2D eigenvalue weighted by atomic mass is 16.5. The van der Waals surface area contributed by atoms with Gasteiger partial charge in [-0.05, 0) is 56.3 Å². The lowest BCUT2D eigenvalue weighted by Crippen LogP contribution is -2.20. The summed E-state index contributed by atoms with van der Waals surface area (Å²) in [5.41, 5.74) is 1.39. The zero-order valence-electron chi connectivity index (χ0n) is 10.0. The fourth-order valence-electron chi connectivity index (χ4n) is 2.38. The third-order valence-corrected chi connectivity index (χ3v) is 3.31. The monoisotopic (exact) mass is 219 g/mol. The minimum atomic E-state index is 0.769. The number of aryl methyl sites for hydroxylation is 1. The first-order valence-corrected chi connectivity index (χ1v) is 6.25. The Morgan fingerprint density at radius 2 is 2.38 bits per heavy atom.